The summed E-state index contributed by atoms with van der Waals surface area (Å²) in [7, 11) is 1.65. The van der Waals surface area contributed by atoms with Crippen LogP contribution >= 0.6 is 0 Å². The van der Waals surface area contributed by atoms with Crippen molar-refractivity contribution in [2.45, 2.75) is 13.8 Å². The molecule has 0 heterocycles. The van der Waals surface area contributed by atoms with E-state index >= 15 is 0 Å². The molecule has 0 fully saturated rings. The number of hydrogen-bond acceptors (Lipinski definition) is 3. The SMILES string of the molecule is CC=CC=C(C)COc1ccc(N=NC)cc1. The van der Waals surface area contributed by atoms with Gasteiger partial charge in [-0.3, -0.25) is 0 Å². The minimum absolute atomic E-state index is 0.596. The van der Waals surface area contributed by atoms with E-state index in [0.717, 1.165) is 11.4 Å². The van der Waals surface area contributed by atoms with Crippen LogP contribution in [0.5, 0.6) is 5.75 Å². The highest BCUT2D eigenvalue weighted by Crippen LogP contribution is 2.18. The minimum Gasteiger partial charge on any atom is -0.489 e. The normalized spacial score (nSPS) is 12.5. The van der Waals surface area contributed by atoms with Crippen LogP contribution in [-0.4, -0.2) is 13.7 Å². The van der Waals surface area contributed by atoms with E-state index in [0.29, 0.717) is 6.61 Å². The summed E-state index contributed by atoms with van der Waals surface area (Å²) in [5.74, 6) is 0.841. The second-order valence-corrected chi connectivity index (χ2v) is 3.62. The summed E-state index contributed by atoms with van der Waals surface area (Å²) in [5, 5.41) is 7.64. The van der Waals surface area contributed by atoms with Crippen molar-refractivity contribution in [2.24, 2.45) is 10.2 Å². The molecule has 0 aliphatic rings. The first kappa shape index (κ1) is 13.2. The Morgan fingerprint density at radius 2 is 2.00 bits per heavy atom. The van der Waals surface area contributed by atoms with Crippen molar-refractivity contribution < 1.29 is 4.74 Å². The summed E-state index contributed by atoms with van der Waals surface area (Å²) >= 11 is 0. The smallest absolute Gasteiger partial charge is 0.119 e. The van der Waals surface area contributed by atoms with Crippen molar-refractivity contribution in [1.82, 2.24) is 0 Å². The zero-order chi connectivity index (χ0) is 12.5. The van der Waals surface area contributed by atoms with E-state index in [9.17, 15) is 0 Å². The predicted octanol–water partition coefficient (Wildman–Crippen LogP) is 4.30. The molecule has 3 nitrogen and oxygen atoms in total. The summed E-state index contributed by atoms with van der Waals surface area (Å²) in [5.41, 5.74) is 2.02. The molecule has 0 atom stereocenters. The van der Waals surface area contributed by atoms with Crippen molar-refractivity contribution >= 4 is 5.69 Å². The molecule has 0 unspecified atom stereocenters. The number of azo groups is 1. The minimum atomic E-state index is 0.596. The predicted molar refractivity (Wildman–Crippen MR) is 70.9 cm³/mol. The number of allylic oxidation sites excluding steroid dienone is 3. The third kappa shape index (κ3) is 5.11. The Kier molecular flexibility index (Phi) is 5.72. The fraction of sp³-hybridized carbons (Fsp3) is 0.286. The number of benzene rings is 1. The lowest BCUT2D eigenvalue weighted by Crippen LogP contribution is -1.97. The van der Waals surface area contributed by atoms with E-state index in [1.807, 2.05) is 56.3 Å². The summed E-state index contributed by atoms with van der Waals surface area (Å²) in [6.45, 7) is 4.63. The quantitative estimate of drug-likeness (QED) is 0.548. The average Bonchev–Trinajstić information content (AvgIpc) is 2.36. The van der Waals surface area contributed by atoms with Crippen LogP contribution in [-0.2, 0) is 0 Å². The molecule has 1 aromatic carbocycles. The lowest BCUT2D eigenvalue weighted by Gasteiger charge is -2.05. The Bertz CT molecular complexity index is 416. The van der Waals surface area contributed by atoms with Crippen LogP contribution in [0, 0.1) is 0 Å². The van der Waals surface area contributed by atoms with Crippen LogP contribution in [0.1, 0.15) is 13.8 Å². The van der Waals surface area contributed by atoms with Gasteiger partial charge < -0.3 is 4.74 Å². The van der Waals surface area contributed by atoms with Crippen molar-refractivity contribution in [3.05, 3.63) is 48.1 Å². The molecule has 0 saturated carbocycles. The molecule has 0 saturated heterocycles. The van der Waals surface area contributed by atoms with Crippen LogP contribution in [0.25, 0.3) is 0 Å². The summed E-state index contributed by atoms with van der Waals surface area (Å²) in [4.78, 5) is 0. The fourth-order valence-electron chi connectivity index (χ4n) is 1.23. The van der Waals surface area contributed by atoms with Gasteiger partial charge in [0.15, 0.2) is 0 Å². The Morgan fingerprint density at radius 1 is 1.29 bits per heavy atom. The fourth-order valence-corrected chi connectivity index (χ4v) is 1.23. The molecule has 0 amide bonds. The van der Waals surface area contributed by atoms with Crippen LogP contribution in [0.2, 0.25) is 0 Å². The monoisotopic (exact) mass is 230 g/mol. The van der Waals surface area contributed by atoms with E-state index < -0.39 is 0 Å². The molecular weight excluding hydrogens is 212 g/mol. The van der Waals surface area contributed by atoms with E-state index in [1.165, 1.54) is 5.57 Å². The van der Waals surface area contributed by atoms with Crippen LogP contribution < -0.4 is 4.74 Å². The maximum absolute atomic E-state index is 5.62. The molecule has 0 spiro atoms. The van der Waals surface area contributed by atoms with Crippen molar-refractivity contribution in [2.75, 3.05) is 13.7 Å². The second kappa shape index (κ2) is 7.39. The van der Waals surface area contributed by atoms with Crippen LogP contribution in [0.4, 0.5) is 5.69 Å². The molecule has 0 bridgehead atoms. The summed E-state index contributed by atoms with van der Waals surface area (Å²) in [6.07, 6.45) is 6.04. The zero-order valence-electron chi connectivity index (χ0n) is 10.6. The maximum Gasteiger partial charge on any atom is 0.119 e. The highest BCUT2D eigenvalue weighted by Gasteiger charge is 1.95. The number of rotatable bonds is 5. The third-order valence-electron chi connectivity index (χ3n) is 2.09. The molecule has 0 aromatic heterocycles. The van der Waals surface area contributed by atoms with Gasteiger partial charge in [0.1, 0.15) is 12.4 Å². The van der Waals surface area contributed by atoms with E-state index in [1.54, 1.807) is 7.05 Å². The molecule has 1 aromatic rings. The van der Waals surface area contributed by atoms with Gasteiger partial charge in [0.25, 0.3) is 0 Å². The van der Waals surface area contributed by atoms with E-state index in [2.05, 4.69) is 10.2 Å². The summed E-state index contributed by atoms with van der Waals surface area (Å²) in [6, 6.07) is 7.56. The Morgan fingerprint density at radius 3 is 2.59 bits per heavy atom. The van der Waals surface area contributed by atoms with Crippen molar-refractivity contribution in [1.29, 1.82) is 0 Å². The highest BCUT2D eigenvalue weighted by molar-refractivity contribution is 5.40. The standard InChI is InChI=1S/C14H18N2O/c1-4-5-6-12(2)11-17-14-9-7-13(8-10-14)16-15-3/h4-10H,11H2,1-3H3. The largest absolute Gasteiger partial charge is 0.489 e. The Balaban J connectivity index is 2.52. The van der Waals surface area contributed by atoms with Gasteiger partial charge in [-0.05, 0) is 43.7 Å². The second-order valence-electron chi connectivity index (χ2n) is 3.62. The van der Waals surface area contributed by atoms with Crippen LogP contribution in [0.15, 0.2) is 58.3 Å². The van der Waals surface area contributed by atoms with Crippen LogP contribution in [0.3, 0.4) is 0 Å². The van der Waals surface area contributed by atoms with E-state index in [4.69, 9.17) is 4.74 Å². The molecular formula is C14H18N2O. The van der Waals surface area contributed by atoms with E-state index in [-0.39, 0.29) is 0 Å². The molecule has 0 aliphatic heterocycles. The van der Waals surface area contributed by atoms with Gasteiger partial charge in [0.05, 0.1) is 5.69 Å². The summed E-state index contributed by atoms with van der Waals surface area (Å²) < 4.78 is 5.62. The highest BCUT2D eigenvalue weighted by atomic mass is 16.5. The van der Waals surface area contributed by atoms with Gasteiger partial charge in [-0.15, -0.1) is 0 Å². The first-order valence-electron chi connectivity index (χ1n) is 5.57. The number of hydrogen-bond donors (Lipinski definition) is 0. The molecule has 0 aliphatic carbocycles. The zero-order valence-corrected chi connectivity index (χ0v) is 10.6. The van der Waals surface area contributed by atoms with Crippen molar-refractivity contribution in [3.63, 3.8) is 0 Å². The topological polar surface area (TPSA) is 34.0 Å². The van der Waals surface area contributed by atoms with Gasteiger partial charge >= 0.3 is 0 Å². The molecule has 90 valence electrons. The molecule has 0 radical (unpaired) electrons. The lowest BCUT2D eigenvalue weighted by atomic mass is 10.3. The third-order valence-corrected chi connectivity index (χ3v) is 2.09. The molecule has 0 N–H and O–H groups in total. The Labute approximate surface area is 103 Å². The van der Waals surface area contributed by atoms with Gasteiger partial charge in [-0.1, -0.05) is 18.2 Å². The van der Waals surface area contributed by atoms with Gasteiger partial charge in [-0.25, -0.2) is 0 Å². The molecule has 1 rings (SSSR count). The maximum atomic E-state index is 5.62. The lowest BCUT2D eigenvalue weighted by molar-refractivity contribution is 0.352. The first-order valence-corrected chi connectivity index (χ1v) is 5.57. The molecule has 3 heteroatoms. The first-order chi connectivity index (χ1) is 8.26. The van der Waals surface area contributed by atoms with Gasteiger partial charge in [-0.2, -0.15) is 10.2 Å². The van der Waals surface area contributed by atoms with Crippen molar-refractivity contribution in [3.8, 4) is 5.75 Å². The van der Waals surface area contributed by atoms with Gasteiger partial charge in [0, 0.05) is 7.05 Å². The Hall–Kier alpha value is -1.90. The van der Waals surface area contributed by atoms with Gasteiger partial charge in [0.2, 0.25) is 0 Å². The molecule has 17 heavy (non-hydrogen) atoms. The number of nitrogens with zero attached hydrogens (tertiary/aromatic N) is 2. The number of ether oxygens (including phenoxy) is 1. The average molecular weight is 230 g/mol.